The number of ether oxygens (including phenoxy) is 1. The van der Waals surface area contributed by atoms with Crippen molar-refractivity contribution in [2.75, 3.05) is 0 Å². The average Bonchev–Trinajstić information content (AvgIpc) is 2.86. The second-order valence-electron chi connectivity index (χ2n) is 6.00. The van der Waals surface area contributed by atoms with Crippen LogP contribution in [0.1, 0.15) is 32.4 Å². The standard InChI is InChI=1S/C16H18N2O4/c1-16(2,3)22-15(21)18-7-6-10-8-11(4-5-12(10)18)14(20)13(19)9-17/h4-8,13-14,19-20H,1-3H3. The van der Waals surface area contributed by atoms with Gasteiger partial charge in [0, 0.05) is 11.6 Å². The number of hydrogen-bond acceptors (Lipinski definition) is 5. The predicted molar refractivity (Wildman–Crippen MR) is 80.1 cm³/mol. The minimum Gasteiger partial charge on any atom is -0.443 e. The van der Waals surface area contributed by atoms with Crippen molar-refractivity contribution in [3.8, 4) is 6.07 Å². The van der Waals surface area contributed by atoms with E-state index in [9.17, 15) is 15.0 Å². The Morgan fingerprint density at radius 1 is 1.32 bits per heavy atom. The number of aliphatic hydroxyl groups is 2. The zero-order chi connectivity index (χ0) is 16.5. The minimum absolute atomic E-state index is 0.406. The third-order valence-corrected chi connectivity index (χ3v) is 3.08. The van der Waals surface area contributed by atoms with Crippen molar-refractivity contribution in [3.05, 3.63) is 36.0 Å². The van der Waals surface area contributed by atoms with Crippen LogP contribution < -0.4 is 0 Å². The van der Waals surface area contributed by atoms with Crippen molar-refractivity contribution >= 4 is 17.0 Å². The van der Waals surface area contributed by atoms with E-state index >= 15 is 0 Å². The summed E-state index contributed by atoms with van der Waals surface area (Å²) < 4.78 is 6.69. The van der Waals surface area contributed by atoms with Gasteiger partial charge >= 0.3 is 6.09 Å². The van der Waals surface area contributed by atoms with Crippen LogP contribution in [0.3, 0.4) is 0 Å². The number of aromatic nitrogens is 1. The molecule has 22 heavy (non-hydrogen) atoms. The first kappa shape index (κ1) is 16.0. The summed E-state index contributed by atoms with van der Waals surface area (Å²) in [6.07, 6.45) is -1.70. The summed E-state index contributed by atoms with van der Waals surface area (Å²) in [7, 11) is 0. The quantitative estimate of drug-likeness (QED) is 0.830. The van der Waals surface area contributed by atoms with Crippen molar-refractivity contribution < 1.29 is 19.7 Å². The fourth-order valence-electron chi connectivity index (χ4n) is 2.07. The highest BCUT2D eigenvalue weighted by atomic mass is 16.6. The van der Waals surface area contributed by atoms with Gasteiger partial charge in [0.25, 0.3) is 0 Å². The number of benzene rings is 1. The molecule has 0 bridgehead atoms. The summed E-state index contributed by atoms with van der Waals surface area (Å²) in [6, 6.07) is 8.12. The molecule has 1 heterocycles. The molecular weight excluding hydrogens is 284 g/mol. The van der Waals surface area contributed by atoms with Gasteiger partial charge in [0.15, 0.2) is 6.10 Å². The molecule has 2 rings (SSSR count). The summed E-state index contributed by atoms with van der Waals surface area (Å²) >= 11 is 0. The first-order chi connectivity index (χ1) is 10.2. The largest absolute Gasteiger partial charge is 0.443 e. The third-order valence-electron chi connectivity index (χ3n) is 3.08. The molecule has 2 unspecified atom stereocenters. The first-order valence-electron chi connectivity index (χ1n) is 6.83. The molecule has 0 fully saturated rings. The van der Waals surface area contributed by atoms with Crippen LogP contribution in [-0.4, -0.2) is 32.6 Å². The molecule has 0 aliphatic heterocycles. The van der Waals surface area contributed by atoms with Crippen LogP contribution in [0.25, 0.3) is 10.9 Å². The Hall–Kier alpha value is -2.36. The number of nitrogens with zero attached hydrogens (tertiary/aromatic N) is 2. The van der Waals surface area contributed by atoms with Gasteiger partial charge < -0.3 is 14.9 Å². The summed E-state index contributed by atoms with van der Waals surface area (Å²) in [6.45, 7) is 5.36. The van der Waals surface area contributed by atoms with E-state index in [0.717, 1.165) is 0 Å². The van der Waals surface area contributed by atoms with Crippen molar-refractivity contribution in [3.63, 3.8) is 0 Å². The molecule has 2 aromatic rings. The minimum atomic E-state index is -1.50. The molecule has 2 atom stereocenters. The molecule has 0 aliphatic rings. The van der Waals surface area contributed by atoms with Gasteiger partial charge in [-0.05, 0) is 44.5 Å². The van der Waals surface area contributed by atoms with Gasteiger partial charge in [-0.1, -0.05) is 6.07 Å². The second kappa shape index (κ2) is 5.79. The fraction of sp³-hybridized carbons (Fsp3) is 0.375. The fourth-order valence-corrected chi connectivity index (χ4v) is 2.07. The number of aliphatic hydroxyl groups excluding tert-OH is 2. The number of fused-ring (bicyclic) bond motifs is 1. The molecule has 0 saturated carbocycles. The summed E-state index contributed by atoms with van der Waals surface area (Å²) in [5.41, 5.74) is 0.431. The number of hydrogen-bond donors (Lipinski definition) is 2. The van der Waals surface area contributed by atoms with Gasteiger partial charge in [0.05, 0.1) is 11.6 Å². The van der Waals surface area contributed by atoms with E-state index in [-0.39, 0.29) is 0 Å². The Balaban J connectivity index is 2.35. The van der Waals surface area contributed by atoms with E-state index < -0.39 is 23.9 Å². The van der Waals surface area contributed by atoms with E-state index in [1.165, 1.54) is 4.57 Å². The van der Waals surface area contributed by atoms with Crippen LogP contribution in [0.2, 0.25) is 0 Å². The maximum absolute atomic E-state index is 12.1. The molecule has 6 heteroatoms. The molecule has 1 aromatic heterocycles. The van der Waals surface area contributed by atoms with Crippen LogP contribution in [0.15, 0.2) is 30.5 Å². The van der Waals surface area contributed by atoms with Crippen LogP contribution in [0.5, 0.6) is 0 Å². The van der Waals surface area contributed by atoms with E-state index in [0.29, 0.717) is 16.5 Å². The monoisotopic (exact) mass is 302 g/mol. The van der Waals surface area contributed by atoms with E-state index in [1.54, 1.807) is 57.3 Å². The number of nitriles is 1. The summed E-state index contributed by atoms with van der Waals surface area (Å²) in [5.74, 6) is 0. The molecule has 2 N–H and O–H groups in total. The zero-order valence-corrected chi connectivity index (χ0v) is 12.6. The average molecular weight is 302 g/mol. The van der Waals surface area contributed by atoms with Gasteiger partial charge in [-0.25, -0.2) is 4.79 Å². The Morgan fingerprint density at radius 3 is 2.59 bits per heavy atom. The smallest absolute Gasteiger partial charge is 0.418 e. The first-order valence-corrected chi connectivity index (χ1v) is 6.83. The highest BCUT2D eigenvalue weighted by molar-refractivity contribution is 5.90. The number of carbonyl (C=O) groups is 1. The lowest BCUT2D eigenvalue weighted by atomic mass is 10.0. The second-order valence-corrected chi connectivity index (χ2v) is 6.00. The van der Waals surface area contributed by atoms with Crippen molar-refractivity contribution in [2.45, 2.75) is 38.6 Å². The molecule has 6 nitrogen and oxygen atoms in total. The maximum Gasteiger partial charge on any atom is 0.418 e. The summed E-state index contributed by atoms with van der Waals surface area (Å²) in [4.78, 5) is 12.1. The molecule has 0 saturated heterocycles. The van der Waals surface area contributed by atoms with E-state index in [4.69, 9.17) is 10.00 Å². The Morgan fingerprint density at radius 2 is 2.00 bits per heavy atom. The molecule has 0 aliphatic carbocycles. The van der Waals surface area contributed by atoms with Crippen molar-refractivity contribution in [1.82, 2.24) is 4.57 Å². The Bertz CT molecular complexity index is 737. The van der Waals surface area contributed by atoms with Crippen molar-refractivity contribution in [1.29, 1.82) is 5.26 Å². The predicted octanol–water partition coefficient (Wildman–Crippen LogP) is 2.34. The van der Waals surface area contributed by atoms with Crippen LogP contribution in [0.4, 0.5) is 4.79 Å². The van der Waals surface area contributed by atoms with Gasteiger partial charge in [0.2, 0.25) is 0 Å². The highest BCUT2D eigenvalue weighted by Crippen LogP contribution is 2.24. The molecular formula is C16H18N2O4. The maximum atomic E-state index is 12.1. The van der Waals surface area contributed by atoms with E-state index in [1.807, 2.05) is 0 Å². The zero-order valence-electron chi connectivity index (χ0n) is 12.6. The van der Waals surface area contributed by atoms with Crippen molar-refractivity contribution in [2.24, 2.45) is 0 Å². The van der Waals surface area contributed by atoms with Gasteiger partial charge in [-0.15, -0.1) is 0 Å². The lowest BCUT2D eigenvalue weighted by molar-refractivity contribution is 0.0528. The highest BCUT2D eigenvalue weighted by Gasteiger charge is 2.21. The number of rotatable bonds is 2. The normalized spacial score (nSPS) is 14.4. The van der Waals surface area contributed by atoms with Crippen LogP contribution in [0, 0.1) is 11.3 Å². The Labute approximate surface area is 128 Å². The van der Waals surface area contributed by atoms with Gasteiger partial charge in [-0.3, -0.25) is 4.57 Å². The van der Waals surface area contributed by atoms with Crippen LogP contribution in [-0.2, 0) is 4.74 Å². The van der Waals surface area contributed by atoms with E-state index in [2.05, 4.69) is 0 Å². The third kappa shape index (κ3) is 3.27. The molecule has 1 aromatic carbocycles. The molecule has 0 amide bonds. The molecule has 116 valence electrons. The molecule has 0 spiro atoms. The topological polar surface area (TPSA) is 95.5 Å². The number of carbonyl (C=O) groups excluding carboxylic acids is 1. The lowest BCUT2D eigenvalue weighted by Crippen LogP contribution is -2.26. The summed E-state index contributed by atoms with van der Waals surface area (Å²) in [5, 5.41) is 28.6. The SMILES string of the molecule is CC(C)(C)OC(=O)n1ccc2cc(C(O)C(O)C#N)ccc21. The molecule has 0 radical (unpaired) electrons. The van der Waals surface area contributed by atoms with Crippen LogP contribution >= 0.6 is 0 Å². The van der Waals surface area contributed by atoms with Gasteiger partial charge in [-0.2, -0.15) is 5.26 Å². The lowest BCUT2D eigenvalue weighted by Gasteiger charge is -2.19. The van der Waals surface area contributed by atoms with Gasteiger partial charge in [0.1, 0.15) is 11.7 Å². The Kier molecular flexibility index (Phi) is 4.22.